The molecule has 1 aliphatic rings. The maximum absolute atomic E-state index is 7.47. The summed E-state index contributed by atoms with van der Waals surface area (Å²) in [4.78, 5) is 6.41. The van der Waals surface area contributed by atoms with Gasteiger partial charge in [-0.25, -0.2) is 0 Å². The molecule has 1 aromatic heterocycles. The van der Waals surface area contributed by atoms with E-state index < -0.39 is 0 Å². The van der Waals surface area contributed by atoms with Gasteiger partial charge < -0.3 is 10.5 Å². The van der Waals surface area contributed by atoms with Crippen LogP contribution < -0.4 is 10.5 Å². The molecule has 1 fully saturated rings. The van der Waals surface area contributed by atoms with Crippen molar-refractivity contribution in [1.82, 2.24) is 9.88 Å². The number of hydrogen-bond acceptors (Lipinski definition) is 4. The summed E-state index contributed by atoms with van der Waals surface area (Å²) in [6, 6.07) is 1.71. The molecule has 18 heavy (non-hydrogen) atoms. The first-order valence-electron chi connectivity index (χ1n) is 6.41. The lowest BCUT2D eigenvalue weighted by Crippen LogP contribution is -2.33. The van der Waals surface area contributed by atoms with Crippen molar-refractivity contribution in [2.75, 3.05) is 26.2 Å². The van der Waals surface area contributed by atoms with Crippen molar-refractivity contribution >= 4 is 5.84 Å². The normalized spacial score (nSPS) is 16.4. The van der Waals surface area contributed by atoms with Crippen LogP contribution >= 0.6 is 0 Å². The van der Waals surface area contributed by atoms with Gasteiger partial charge in [0.2, 0.25) is 0 Å². The number of ether oxygens (including phenoxy) is 1. The van der Waals surface area contributed by atoms with Gasteiger partial charge in [-0.2, -0.15) is 0 Å². The van der Waals surface area contributed by atoms with Crippen molar-refractivity contribution in [2.24, 2.45) is 5.73 Å². The highest BCUT2D eigenvalue weighted by Gasteiger charge is 2.11. The van der Waals surface area contributed by atoms with Crippen LogP contribution in [0.2, 0.25) is 0 Å². The Kier molecular flexibility index (Phi) is 4.52. The lowest BCUT2D eigenvalue weighted by Gasteiger charge is -2.26. The number of hydrogen-bond donors (Lipinski definition) is 2. The highest BCUT2D eigenvalue weighted by molar-refractivity contribution is 5.97. The third-order valence-corrected chi connectivity index (χ3v) is 3.19. The van der Waals surface area contributed by atoms with E-state index in [0.29, 0.717) is 17.9 Å². The molecule has 0 radical (unpaired) electrons. The minimum absolute atomic E-state index is 0.0189. The average Bonchev–Trinajstić information content (AvgIpc) is 2.40. The van der Waals surface area contributed by atoms with Crippen LogP contribution in [0.3, 0.4) is 0 Å². The van der Waals surface area contributed by atoms with Gasteiger partial charge in [0, 0.05) is 12.7 Å². The zero-order valence-electron chi connectivity index (χ0n) is 10.6. The molecule has 1 aromatic rings. The van der Waals surface area contributed by atoms with Gasteiger partial charge in [0.25, 0.3) is 0 Å². The molecule has 0 saturated carbocycles. The maximum Gasteiger partial charge on any atom is 0.148 e. The van der Waals surface area contributed by atoms with Crippen molar-refractivity contribution in [3.8, 4) is 5.75 Å². The SMILES string of the molecule is N=C(N)c1ccncc1OCCN1CCCCC1. The van der Waals surface area contributed by atoms with Gasteiger partial charge in [-0.3, -0.25) is 15.3 Å². The van der Waals surface area contributed by atoms with Gasteiger partial charge in [0.15, 0.2) is 0 Å². The van der Waals surface area contributed by atoms with Gasteiger partial charge >= 0.3 is 0 Å². The summed E-state index contributed by atoms with van der Waals surface area (Å²) in [6.07, 6.45) is 7.15. The molecule has 1 aliphatic heterocycles. The quantitative estimate of drug-likeness (QED) is 0.607. The zero-order chi connectivity index (χ0) is 12.8. The Bertz CT molecular complexity index is 402. The molecule has 0 aromatic carbocycles. The van der Waals surface area contributed by atoms with E-state index in [-0.39, 0.29) is 5.84 Å². The molecule has 0 amide bonds. The second kappa shape index (κ2) is 6.35. The number of nitrogens with zero attached hydrogens (tertiary/aromatic N) is 2. The van der Waals surface area contributed by atoms with Crippen molar-refractivity contribution in [2.45, 2.75) is 19.3 Å². The number of piperidine rings is 1. The third-order valence-electron chi connectivity index (χ3n) is 3.19. The van der Waals surface area contributed by atoms with E-state index in [0.717, 1.165) is 19.6 Å². The van der Waals surface area contributed by atoms with Crippen LogP contribution in [0, 0.1) is 5.41 Å². The second-order valence-corrected chi connectivity index (χ2v) is 4.54. The number of aromatic nitrogens is 1. The Morgan fingerprint density at radius 1 is 1.39 bits per heavy atom. The smallest absolute Gasteiger partial charge is 0.148 e. The fraction of sp³-hybridized carbons (Fsp3) is 0.538. The molecule has 98 valence electrons. The number of pyridine rings is 1. The minimum Gasteiger partial charge on any atom is -0.490 e. The number of nitrogens with one attached hydrogen (secondary N) is 1. The van der Waals surface area contributed by atoms with Gasteiger partial charge in [-0.15, -0.1) is 0 Å². The highest BCUT2D eigenvalue weighted by atomic mass is 16.5. The van der Waals surface area contributed by atoms with Crippen LogP contribution in [0.25, 0.3) is 0 Å². The van der Waals surface area contributed by atoms with Crippen LogP contribution in [0.5, 0.6) is 5.75 Å². The van der Waals surface area contributed by atoms with Gasteiger partial charge in [-0.1, -0.05) is 6.42 Å². The summed E-state index contributed by atoms with van der Waals surface area (Å²) >= 11 is 0. The van der Waals surface area contributed by atoms with Crippen LogP contribution in [0.15, 0.2) is 18.5 Å². The van der Waals surface area contributed by atoms with Gasteiger partial charge in [-0.05, 0) is 32.0 Å². The Balaban J connectivity index is 1.84. The molecule has 0 unspecified atom stereocenters. The monoisotopic (exact) mass is 248 g/mol. The molecule has 5 heteroatoms. The molecule has 0 spiro atoms. The van der Waals surface area contributed by atoms with E-state index >= 15 is 0 Å². The van der Waals surface area contributed by atoms with E-state index in [1.54, 1.807) is 18.5 Å². The summed E-state index contributed by atoms with van der Waals surface area (Å²) in [5.74, 6) is 0.618. The first-order chi connectivity index (χ1) is 8.77. The largest absolute Gasteiger partial charge is 0.490 e. The predicted octanol–water partition coefficient (Wildman–Crippen LogP) is 1.23. The highest BCUT2D eigenvalue weighted by Crippen LogP contribution is 2.15. The fourth-order valence-electron chi connectivity index (χ4n) is 2.19. The molecule has 0 bridgehead atoms. The van der Waals surface area contributed by atoms with Crippen molar-refractivity contribution in [1.29, 1.82) is 5.41 Å². The fourth-order valence-corrected chi connectivity index (χ4v) is 2.19. The average molecular weight is 248 g/mol. The summed E-state index contributed by atoms with van der Waals surface area (Å²) in [5, 5.41) is 7.47. The summed E-state index contributed by atoms with van der Waals surface area (Å²) in [7, 11) is 0. The van der Waals surface area contributed by atoms with E-state index in [4.69, 9.17) is 15.9 Å². The topological polar surface area (TPSA) is 75.2 Å². The summed E-state index contributed by atoms with van der Waals surface area (Å²) in [5.41, 5.74) is 6.11. The Morgan fingerprint density at radius 2 is 2.17 bits per heavy atom. The number of nitrogens with two attached hydrogens (primary N) is 1. The second-order valence-electron chi connectivity index (χ2n) is 4.54. The number of amidine groups is 1. The molecule has 3 N–H and O–H groups in total. The summed E-state index contributed by atoms with van der Waals surface area (Å²) < 4.78 is 5.68. The van der Waals surface area contributed by atoms with Crippen molar-refractivity contribution in [3.05, 3.63) is 24.0 Å². The number of rotatable bonds is 5. The van der Waals surface area contributed by atoms with E-state index in [2.05, 4.69) is 9.88 Å². The van der Waals surface area contributed by atoms with E-state index in [1.165, 1.54) is 19.3 Å². The zero-order valence-corrected chi connectivity index (χ0v) is 10.6. The molecular weight excluding hydrogens is 228 g/mol. The van der Waals surface area contributed by atoms with Gasteiger partial charge in [0.1, 0.15) is 18.2 Å². The molecular formula is C13H20N4O. The molecule has 2 heterocycles. The Labute approximate surface area is 107 Å². The predicted molar refractivity (Wildman–Crippen MR) is 71.0 cm³/mol. The van der Waals surface area contributed by atoms with E-state index in [9.17, 15) is 0 Å². The first-order valence-corrected chi connectivity index (χ1v) is 6.41. The van der Waals surface area contributed by atoms with Crippen LogP contribution in [-0.4, -0.2) is 42.0 Å². The van der Waals surface area contributed by atoms with Crippen LogP contribution in [0.4, 0.5) is 0 Å². The number of nitrogen functional groups attached to an aromatic ring is 1. The summed E-state index contributed by atoms with van der Waals surface area (Å²) in [6.45, 7) is 3.87. The van der Waals surface area contributed by atoms with Crippen LogP contribution in [-0.2, 0) is 0 Å². The molecule has 5 nitrogen and oxygen atoms in total. The molecule has 0 aliphatic carbocycles. The standard InChI is InChI=1S/C13H20N4O/c14-13(15)11-4-5-16-10-12(11)18-9-8-17-6-2-1-3-7-17/h4-5,10H,1-3,6-9H2,(H3,14,15). The van der Waals surface area contributed by atoms with Crippen molar-refractivity contribution in [3.63, 3.8) is 0 Å². The third kappa shape index (κ3) is 3.43. The molecule has 1 saturated heterocycles. The maximum atomic E-state index is 7.47. The molecule has 0 atom stereocenters. The van der Waals surface area contributed by atoms with Crippen LogP contribution in [0.1, 0.15) is 24.8 Å². The number of likely N-dealkylation sites (tertiary alicyclic amines) is 1. The van der Waals surface area contributed by atoms with Crippen molar-refractivity contribution < 1.29 is 4.74 Å². The van der Waals surface area contributed by atoms with E-state index in [1.807, 2.05) is 0 Å². The molecule has 2 rings (SSSR count). The first kappa shape index (κ1) is 12.8. The van der Waals surface area contributed by atoms with Gasteiger partial charge in [0.05, 0.1) is 11.8 Å². The minimum atomic E-state index is 0.0189. The Hall–Kier alpha value is -1.62. The lowest BCUT2D eigenvalue weighted by atomic mass is 10.1. The lowest BCUT2D eigenvalue weighted by molar-refractivity contribution is 0.183. The Morgan fingerprint density at radius 3 is 2.89 bits per heavy atom.